The van der Waals surface area contributed by atoms with Gasteiger partial charge in [0.05, 0.1) is 20.6 Å². The summed E-state index contributed by atoms with van der Waals surface area (Å²) in [4.78, 5) is 24.5. The smallest absolute Gasteiger partial charge is 0.271 e. The van der Waals surface area contributed by atoms with Gasteiger partial charge in [-0.1, -0.05) is 12.1 Å². The van der Waals surface area contributed by atoms with Crippen molar-refractivity contribution in [2.75, 3.05) is 18.9 Å². The predicted octanol–water partition coefficient (Wildman–Crippen LogP) is 2.57. The van der Waals surface area contributed by atoms with E-state index in [2.05, 4.69) is 15.6 Å². The molecule has 0 aliphatic carbocycles. The highest BCUT2D eigenvalue weighted by Gasteiger charge is 2.16. The highest BCUT2D eigenvalue weighted by molar-refractivity contribution is 7.94. The van der Waals surface area contributed by atoms with Gasteiger partial charge in [-0.25, -0.2) is 8.42 Å². The standard InChI is InChI=1S/C21H21N3O6S2/c1-29-17-10-7-15(18(13-17)30-2)12-19(25)22-23-21(26)14-5-8-16(9-6-14)24-32(27,28)20-4-3-11-31-20/h3-11,13,24H,12H2,1-2H3,(H,22,25)(H,23,26). The van der Waals surface area contributed by atoms with E-state index >= 15 is 0 Å². The number of carbonyl (C=O) groups is 2. The monoisotopic (exact) mass is 475 g/mol. The highest BCUT2D eigenvalue weighted by Crippen LogP contribution is 2.25. The molecule has 168 valence electrons. The van der Waals surface area contributed by atoms with E-state index in [1.165, 1.54) is 44.6 Å². The quantitative estimate of drug-likeness (QED) is 0.431. The average Bonchev–Trinajstić information content (AvgIpc) is 3.34. The van der Waals surface area contributed by atoms with Gasteiger partial charge in [0.15, 0.2) is 0 Å². The Balaban J connectivity index is 1.55. The fourth-order valence-electron chi connectivity index (χ4n) is 2.73. The lowest BCUT2D eigenvalue weighted by atomic mass is 10.1. The average molecular weight is 476 g/mol. The van der Waals surface area contributed by atoms with Crippen LogP contribution in [0.1, 0.15) is 15.9 Å². The third kappa shape index (κ3) is 5.77. The number of anilines is 1. The number of amides is 2. The molecule has 9 nitrogen and oxygen atoms in total. The van der Waals surface area contributed by atoms with Gasteiger partial charge in [-0.2, -0.15) is 0 Å². The maximum Gasteiger partial charge on any atom is 0.271 e. The van der Waals surface area contributed by atoms with E-state index in [4.69, 9.17) is 9.47 Å². The number of methoxy groups -OCH3 is 2. The third-order valence-electron chi connectivity index (χ3n) is 4.32. The van der Waals surface area contributed by atoms with E-state index in [1.807, 2.05) is 0 Å². The number of carbonyl (C=O) groups excluding carboxylic acids is 2. The minimum Gasteiger partial charge on any atom is -0.497 e. The highest BCUT2D eigenvalue weighted by atomic mass is 32.2. The van der Waals surface area contributed by atoms with Crippen LogP contribution in [0.15, 0.2) is 64.2 Å². The van der Waals surface area contributed by atoms with Crippen LogP contribution in [0.3, 0.4) is 0 Å². The zero-order valence-electron chi connectivity index (χ0n) is 17.2. The minimum atomic E-state index is -3.67. The van der Waals surface area contributed by atoms with Crippen molar-refractivity contribution in [3.8, 4) is 11.5 Å². The molecule has 3 rings (SSSR count). The molecule has 1 heterocycles. The van der Waals surface area contributed by atoms with E-state index in [-0.39, 0.29) is 16.2 Å². The van der Waals surface area contributed by atoms with Crippen LogP contribution in [-0.4, -0.2) is 34.5 Å². The lowest BCUT2D eigenvalue weighted by molar-refractivity contribution is -0.121. The molecule has 0 unspecified atom stereocenters. The van der Waals surface area contributed by atoms with Crippen molar-refractivity contribution in [2.45, 2.75) is 10.6 Å². The lowest BCUT2D eigenvalue weighted by Crippen LogP contribution is -2.42. The van der Waals surface area contributed by atoms with Crippen molar-refractivity contribution >= 4 is 38.9 Å². The summed E-state index contributed by atoms with van der Waals surface area (Å²) in [7, 11) is -0.654. The van der Waals surface area contributed by atoms with Crippen molar-refractivity contribution in [1.29, 1.82) is 0 Å². The van der Waals surface area contributed by atoms with Crippen LogP contribution in [0.5, 0.6) is 11.5 Å². The van der Waals surface area contributed by atoms with Gasteiger partial charge in [0.1, 0.15) is 15.7 Å². The molecule has 11 heteroatoms. The molecule has 0 atom stereocenters. The topological polar surface area (TPSA) is 123 Å². The second kappa shape index (κ2) is 10.2. The Morgan fingerprint density at radius 2 is 1.72 bits per heavy atom. The predicted molar refractivity (Wildman–Crippen MR) is 120 cm³/mol. The molecular weight excluding hydrogens is 454 g/mol. The molecule has 0 radical (unpaired) electrons. The number of rotatable bonds is 8. The molecular formula is C21H21N3O6S2. The Bertz CT molecular complexity index is 1190. The fourth-order valence-corrected chi connectivity index (χ4v) is 4.78. The number of hydrogen-bond acceptors (Lipinski definition) is 7. The second-order valence-corrected chi connectivity index (χ2v) is 9.33. The summed E-state index contributed by atoms with van der Waals surface area (Å²) < 4.78 is 37.5. The number of hydrogen-bond donors (Lipinski definition) is 3. The van der Waals surface area contributed by atoms with Crippen LogP contribution < -0.4 is 25.0 Å². The molecule has 0 spiro atoms. The molecule has 3 aromatic rings. The maximum atomic E-state index is 12.3. The largest absolute Gasteiger partial charge is 0.497 e. The van der Waals surface area contributed by atoms with Crippen molar-refractivity contribution in [2.24, 2.45) is 0 Å². The van der Waals surface area contributed by atoms with Gasteiger partial charge >= 0.3 is 0 Å². The first-order chi connectivity index (χ1) is 15.3. The molecule has 2 aromatic carbocycles. The summed E-state index contributed by atoms with van der Waals surface area (Å²) in [6.45, 7) is 0. The zero-order chi connectivity index (χ0) is 23.1. The Hall–Kier alpha value is -3.57. The van der Waals surface area contributed by atoms with Crippen LogP contribution in [0.25, 0.3) is 0 Å². The van der Waals surface area contributed by atoms with Gasteiger partial charge in [0, 0.05) is 22.9 Å². The summed E-state index contributed by atoms with van der Waals surface area (Å²) >= 11 is 1.10. The van der Waals surface area contributed by atoms with Gasteiger partial charge in [-0.3, -0.25) is 25.2 Å². The van der Waals surface area contributed by atoms with Crippen molar-refractivity contribution < 1.29 is 27.5 Å². The van der Waals surface area contributed by atoms with Crippen molar-refractivity contribution in [1.82, 2.24) is 10.9 Å². The maximum absolute atomic E-state index is 12.3. The molecule has 0 saturated carbocycles. The number of benzene rings is 2. The number of nitrogens with one attached hydrogen (secondary N) is 3. The molecule has 0 fully saturated rings. The minimum absolute atomic E-state index is 0.0170. The van der Waals surface area contributed by atoms with Crippen molar-refractivity contribution in [3.63, 3.8) is 0 Å². The SMILES string of the molecule is COc1ccc(CC(=O)NNC(=O)c2ccc(NS(=O)(=O)c3cccs3)cc2)c(OC)c1. The normalized spacial score (nSPS) is 10.8. The number of thiophene rings is 1. The first-order valence-electron chi connectivity index (χ1n) is 9.29. The number of hydrazine groups is 1. The summed E-state index contributed by atoms with van der Waals surface area (Å²) in [5, 5.41) is 1.67. The molecule has 1 aromatic heterocycles. The summed E-state index contributed by atoms with van der Waals surface area (Å²) in [6, 6.07) is 14.0. The van der Waals surface area contributed by atoms with E-state index in [0.717, 1.165) is 11.3 Å². The van der Waals surface area contributed by atoms with Crippen LogP contribution in [-0.2, 0) is 21.2 Å². The van der Waals surface area contributed by atoms with Gasteiger partial charge in [0.2, 0.25) is 5.91 Å². The van der Waals surface area contributed by atoms with Gasteiger partial charge < -0.3 is 9.47 Å². The van der Waals surface area contributed by atoms with Crippen LogP contribution in [0.4, 0.5) is 5.69 Å². The summed E-state index contributed by atoms with van der Waals surface area (Å²) in [5.41, 5.74) is 5.85. The van der Waals surface area contributed by atoms with E-state index in [9.17, 15) is 18.0 Å². The molecule has 0 bridgehead atoms. The first kappa shape index (κ1) is 23.1. The lowest BCUT2D eigenvalue weighted by Gasteiger charge is -2.11. The summed E-state index contributed by atoms with van der Waals surface area (Å²) in [5.74, 6) is 0.0988. The Kier molecular flexibility index (Phi) is 7.33. The fraction of sp³-hybridized carbons (Fsp3) is 0.143. The molecule has 0 saturated heterocycles. The molecule has 32 heavy (non-hydrogen) atoms. The van der Waals surface area contributed by atoms with Crippen LogP contribution in [0.2, 0.25) is 0 Å². The van der Waals surface area contributed by atoms with E-state index in [1.54, 1.807) is 29.6 Å². The third-order valence-corrected chi connectivity index (χ3v) is 7.10. The number of sulfonamides is 1. The Labute approximate surface area is 189 Å². The van der Waals surface area contributed by atoms with E-state index in [0.29, 0.717) is 22.7 Å². The molecule has 3 N–H and O–H groups in total. The van der Waals surface area contributed by atoms with Crippen LogP contribution in [0, 0.1) is 0 Å². The van der Waals surface area contributed by atoms with Gasteiger partial charge in [-0.05, 0) is 41.8 Å². The molecule has 0 aliphatic rings. The zero-order valence-corrected chi connectivity index (χ0v) is 18.9. The molecule has 0 aliphatic heterocycles. The second-order valence-electron chi connectivity index (χ2n) is 6.47. The van der Waals surface area contributed by atoms with Crippen LogP contribution >= 0.6 is 11.3 Å². The first-order valence-corrected chi connectivity index (χ1v) is 11.6. The van der Waals surface area contributed by atoms with Crippen molar-refractivity contribution in [3.05, 3.63) is 71.1 Å². The van der Waals surface area contributed by atoms with Gasteiger partial charge in [-0.15, -0.1) is 11.3 Å². The molecule has 2 amide bonds. The Morgan fingerprint density at radius 1 is 0.969 bits per heavy atom. The summed E-state index contributed by atoms with van der Waals surface area (Å²) in [6.07, 6.45) is -0.0170. The van der Waals surface area contributed by atoms with Gasteiger partial charge in [0.25, 0.3) is 15.9 Å². The Morgan fingerprint density at radius 3 is 2.34 bits per heavy atom. The van der Waals surface area contributed by atoms with E-state index < -0.39 is 21.8 Å². The number of ether oxygens (including phenoxy) is 2.